The van der Waals surface area contributed by atoms with Crippen LogP contribution in [-0.4, -0.2) is 118 Å². The summed E-state index contributed by atoms with van der Waals surface area (Å²) in [4.78, 5) is 60.5. The molecule has 9 aliphatic rings. The summed E-state index contributed by atoms with van der Waals surface area (Å²) < 4.78 is 5.99. The first-order valence-electron chi connectivity index (χ1n) is 45.7. The van der Waals surface area contributed by atoms with E-state index in [-0.39, 0.29) is 122 Å². The van der Waals surface area contributed by atoms with Crippen LogP contribution in [0.15, 0.2) is 30.3 Å². The van der Waals surface area contributed by atoms with Crippen molar-refractivity contribution in [3.8, 4) is 0 Å². The minimum absolute atomic E-state index is 0. The molecule has 0 bridgehead atoms. The number of nitrogens with zero attached hydrogens (tertiary/aromatic N) is 1. The number of benzene rings is 1. The molecule has 9 fully saturated rings. The van der Waals surface area contributed by atoms with Gasteiger partial charge in [0.1, 0.15) is 16.6 Å². The Labute approximate surface area is 742 Å². The molecule has 0 radical (unpaired) electrons. The summed E-state index contributed by atoms with van der Waals surface area (Å²) in [5.74, 6) is 10.6. The molecule has 710 valence electrons. The molecule has 0 unspecified atom stereocenters. The van der Waals surface area contributed by atoms with Crippen LogP contribution in [0.25, 0.3) is 0 Å². The van der Waals surface area contributed by atoms with Gasteiger partial charge >= 0.3 is 6.03 Å². The lowest BCUT2D eigenvalue weighted by Gasteiger charge is -2.49. The van der Waals surface area contributed by atoms with Crippen LogP contribution in [0, 0.1) is 134 Å². The Morgan fingerprint density at radius 3 is 0.924 bits per heavy atom. The number of carbonyl (C=O) groups is 5. The molecule has 8 heterocycles. The zero-order valence-corrected chi connectivity index (χ0v) is 79.7. The highest BCUT2D eigenvalue weighted by Crippen LogP contribution is 2.49. The van der Waals surface area contributed by atoms with Gasteiger partial charge in [-0.25, -0.2) is 4.79 Å². The third kappa shape index (κ3) is 29.4. The van der Waals surface area contributed by atoms with Crippen molar-refractivity contribution in [2.45, 2.75) is 401 Å². The molecule has 1 aliphatic carbocycles. The Balaban J connectivity index is -0.000000301. The third-order valence-corrected chi connectivity index (χ3v) is 30.8. The first-order valence-corrected chi connectivity index (χ1v) is 45.7. The molecule has 16 heteroatoms. The largest absolute Gasteiger partial charge is 0.374 e. The summed E-state index contributed by atoms with van der Waals surface area (Å²) in [6, 6.07) is 9.79. The normalized spacial score (nSPS) is 20.8. The molecule has 16 nitrogen and oxygen atoms in total. The predicted octanol–water partition coefficient (Wildman–Crippen LogP) is 24.8. The van der Waals surface area contributed by atoms with Crippen LogP contribution in [0.2, 0.25) is 0 Å². The smallest absolute Gasteiger partial charge is 0.322 e. The molecular formula is C103H212N10O6. The highest BCUT2D eigenvalue weighted by atomic mass is 16.5. The number of ether oxygens (including phenoxy) is 1. The fourth-order valence-corrected chi connectivity index (χ4v) is 22.2. The quantitative estimate of drug-likeness (QED) is 0.0596. The minimum Gasteiger partial charge on any atom is -0.374 e. The van der Waals surface area contributed by atoms with Gasteiger partial charge in [0.2, 0.25) is 17.7 Å². The first kappa shape index (κ1) is 126. The Morgan fingerprint density at radius 2 is 0.706 bits per heavy atom. The Kier molecular flexibility index (Phi) is 58.9. The summed E-state index contributed by atoms with van der Waals surface area (Å²) >= 11 is 0. The van der Waals surface area contributed by atoms with Gasteiger partial charge in [-0.2, -0.15) is 0 Å². The molecule has 0 atom stereocenters. The van der Waals surface area contributed by atoms with Crippen LogP contribution < -0.4 is 52.8 Å². The highest BCUT2D eigenvalue weighted by Gasteiger charge is 2.55. The van der Waals surface area contributed by atoms with Crippen LogP contribution in [0.1, 0.15) is 378 Å². The number of rotatable bonds is 19. The van der Waals surface area contributed by atoms with Crippen LogP contribution in [0.3, 0.4) is 0 Å². The summed E-state index contributed by atoms with van der Waals surface area (Å²) in [5.41, 5.74) is 2.17. The number of hydrogen-bond donors (Lipinski definition) is 9. The Morgan fingerprint density at radius 1 is 0.319 bits per heavy atom. The fraction of sp³-hybridized carbons (Fsp3) is 0.893. The average Bonchev–Trinajstić information content (AvgIpc) is 1.60. The molecule has 9 N–H and O–H groups in total. The van der Waals surface area contributed by atoms with E-state index in [1.807, 2.05) is 45.9 Å². The van der Waals surface area contributed by atoms with Crippen molar-refractivity contribution < 1.29 is 28.7 Å². The van der Waals surface area contributed by atoms with Crippen molar-refractivity contribution in [1.29, 1.82) is 0 Å². The Hall–Kier alpha value is -3.83. The molecule has 10 rings (SSSR count). The number of hydrogen-bond acceptors (Lipinski definition) is 11. The SMILES string of the molecule is C.C.C.C.C.C.C.CC(C)C1(C(C)C)C(=O)NCN1c1ccccc1.CC(C)C1(C(C)C)CCCCC1.CC(C)C1(C(C)C)CCCCO1.CC(C)C1(C(C)C)CCNC1.CC(C)C1(C(C)C)CCNC1=O.CC(C)C1(C(C)C)CCNCC1.CC(C)C1(C(C)C)CNC1.CC(C)C1(C(C)C)NC(=O)NC1=O.CC(C)C1(C(C)C)NCNC1=O. The van der Waals surface area contributed by atoms with E-state index < -0.39 is 11.1 Å². The molecule has 0 spiro atoms. The second-order valence-corrected chi connectivity index (χ2v) is 41.1. The van der Waals surface area contributed by atoms with Gasteiger partial charge in [-0.15, -0.1) is 0 Å². The molecule has 8 saturated heterocycles. The summed E-state index contributed by atoms with van der Waals surface area (Å²) in [6.45, 7) is 90.5. The van der Waals surface area contributed by atoms with E-state index in [0.29, 0.717) is 70.5 Å². The molecule has 0 aromatic heterocycles. The minimum atomic E-state index is -0.725. The lowest BCUT2D eigenvalue weighted by Crippen LogP contribution is -2.59. The number of urea groups is 1. The van der Waals surface area contributed by atoms with Crippen molar-refractivity contribution in [2.75, 3.05) is 70.7 Å². The topological polar surface area (TPSA) is 206 Å². The molecule has 6 amide bonds. The van der Waals surface area contributed by atoms with Crippen LogP contribution >= 0.6 is 0 Å². The van der Waals surface area contributed by atoms with Crippen molar-refractivity contribution in [1.82, 2.24) is 47.9 Å². The zero-order valence-electron chi connectivity index (χ0n) is 79.7. The maximum absolute atomic E-state index is 12.4. The summed E-state index contributed by atoms with van der Waals surface area (Å²) in [7, 11) is 0. The van der Waals surface area contributed by atoms with Gasteiger partial charge in [-0.05, 0) is 218 Å². The lowest BCUT2D eigenvalue weighted by molar-refractivity contribution is -0.137. The van der Waals surface area contributed by atoms with E-state index in [9.17, 15) is 24.0 Å². The third-order valence-electron chi connectivity index (χ3n) is 30.8. The molecule has 8 aliphatic heterocycles. The van der Waals surface area contributed by atoms with Crippen molar-refractivity contribution >= 4 is 35.3 Å². The standard InChI is InChI=1S/C15H22N2O.C12H24.C11H23N.C11H22O.C10H19NO.C10H21N.C9H16N2O2.C9H18N2O.C9H19N.7CH4/c1-11(2)15(12(3)4)14(18)16-10-17(15)13-8-6-5-7-9-13;1-10(2)12(11(3)4)8-6-5-7-9-12;1-9(2)11(10(3)4)5-7-12-8-6-11;1-9(2)11(10(3)4)7-5-6-8-12-11;1-7(2)10(8(3)4)5-6-11-9(10)12;1-8(2)10(9(3)4)5-6-11-7-10;1-5(2)9(6(3)4)7(12)10-8(13)11-9;1-6(2)9(7(3)4)8(12)10-5-11-9;1-7(2)9(8(3)4)5-10-6-9;;;;;;;/h5-9,11-12H,10H2,1-4H3,(H,16,18);10-11H,5-9H2,1-4H3;9-10,12H,5-8H2,1-4H3;9-10H,5-8H2,1-4H3;7-8H,5-6H2,1-4H3,(H,11,12);8-9,11H,5-7H2,1-4H3;5-6H,1-4H3,(H2,10,11,12,13);6-7,11H,5H2,1-4H3,(H,10,12);7-8,10H,5-6H2,1-4H3;7*1H4. The monoisotopic (exact) mass is 1690 g/mol. The molecule has 1 aromatic rings. The van der Waals surface area contributed by atoms with Crippen LogP contribution in [-0.2, 0) is 23.9 Å². The van der Waals surface area contributed by atoms with Crippen molar-refractivity contribution in [3.63, 3.8) is 0 Å². The van der Waals surface area contributed by atoms with Gasteiger partial charge in [-0.3, -0.25) is 29.8 Å². The average molecular weight is 1690 g/mol. The van der Waals surface area contributed by atoms with E-state index in [1.54, 1.807) is 0 Å². The predicted molar refractivity (Wildman–Crippen MR) is 525 cm³/mol. The highest BCUT2D eigenvalue weighted by molar-refractivity contribution is 6.07. The van der Waals surface area contributed by atoms with E-state index in [1.165, 1.54) is 110 Å². The number of imide groups is 1. The van der Waals surface area contributed by atoms with E-state index >= 15 is 0 Å². The number of anilines is 1. The van der Waals surface area contributed by atoms with Crippen LogP contribution in [0.5, 0.6) is 0 Å². The second-order valence-electron chi connectivity index (χ2n) is 41.1. The number of nitrogens with one attached hydrogen (secondary N) is 9. The van der Waals surface area contributed by atoms with Gasteiger partial charge in [-0.1, -0.05) is 339 Å². The molecule has 1 aromatic carbocycles. The first-order chi connectivity index (χ1) is 51.9. The second kappa shape index (κ2) is 55.6. The van der Waals surface area contributed by atoms with E-state index in [0.717, 1.165) is 72.6 Å². The molecular weight excluding hydrogens is 1470 g/mol. The van der Waals surface area contributed by atoms with Gasteiger partial charge in [0, 0.05) is 38.5 Å². The van der Waals surface area contributed by atoms with Crippen LogP contribution in [0.4, 0.5) is 10.5 Å². The maximum Gasteiger partial charge on any atom is 0.322 e. The van der Waals surface area contributed by atoms with E-state index in [2.05, 4.69) is 286 Å². The van der Waals surface area contributed by atoms with Gasteiger partial charge in [0.25, 0.3) is 5.91 Å². The van der Waals surface area contributed by atoms with Crippen molar-refractivity contribution in [2.24, 2.45) is 134 Å². The Bertz CT molecular complexity index is 2660. The molecule has 1 saturated carbocycles. The van der Waals surface area contributed by atoms with Gasteiger partial charge in [0.15, 0.2) is 0 Å². The number of amides is 6. The van der Waals surface area contributed by atoms with Crippen molar-refractivity contribution in [3.05, 3.63) is 30.3 Å². The fourth-order valence-electron chi connectivity index (χ4n) is 22.2. The van der Waals surface area contributed by atoms with E-state index in [4.69, 9.17) is 4.74 Å². The summed E-state index contributed by atoms with van der Waals surface area (Å²) in [5, 5.41) is 27.3. The number of carbonyl (C=O) groups excluding carboxylic acids is 5. The summed E-state index contributed by atoms with van der Waals surface area (Å²) in [6.07, 6.45) is 16.3. The number of para-hydroxylation sites is 1. The zero-order chi connectivity index (χ0) is 86.1. The molecule has 119 heavy (non-hydrogen) atoms. The lowest BCUT2D eigenvalue weighted by atomic mass is 9.61. The van der Waals surface area contributed by atoms with Gasteiger partial charge in [0.05, 0.1) is 24.4 Å². The maximum atomic E-state index is 12.4. The number of piperidine rings is 1. The van der Waals surface area contributed by atoms with Gasteiger partial charge < -0.3 is 46.9 Å².